The van der Waals surface area contributed by atoms with Gasteiger partial charge in [0.25, 0.3) is 0 Å². The highest BCUT2D eigenvalue weighted by molar-refractivity contribution is 7.99. The van der Waals surface area contributed by atoms with Crippen molar-refractivity contribution in [1.82, 2.24) is 5.32 Å². The number of ether oxygens (including phenoxy) is 4. The Kier molecular flexibility index (Phi) is 7.10. The van der Waals surface area contributed by atoms with Crippen molar-refractivity contribution >= 4 is 17.7 Å². The van der Waals surface area contributed by atoms with Crippen LogP contribution in [0.3, 0.4) is 0 Å². The van der Waals surface area contributed by atoms with Gasteiger partial charge in [0, 0.05) is 18.2 Å². The van der Waals surface area contributed by atoms with Crippen LogP contribution < -0.4 is 24.3 Å². The van der Waals surface area contributed by atoms with E-state index in [1.54, 1.807) is 18.9 Å². The summed E-state index contributed by atoms with van der Waals surface area (Å²) in [5.41, 5.74) is 0.968. The lowest BCUT2D eigenvalue weighted by atomic mass is 10.2. The third-order valence-corrected chi connectivity index (χ3v) is 4.99. The van der Waals surface area contributed by atoms with E-state index in [1.165, 1.54) is 0 Å². The van der Waals surface area contributed by atoms with E-state index in [2.05, 4.69) is 5.32 Å². The van der Waals surface area contributed by atoms with Crippen LogP contribution in [0, 0.1) is 0 Å². The highest BCUT2D eigenvalue weighted by atomic mass is 32.2. The maximum atomic E-state index is 11.9. The quantitative estimate of drug-likeness (QED) is 0.630. The summed E-state index contributed by atoms with van der Waals surface area (Å²) in [6.45, 7) is 1.32. The Morgan fingerprint density at radius 2 is 2.04 bits per heavy atom. The molecule has 0 bridgehead atoms. The van der Waals surface area contributed by atoms with Crippen LogP contribution in [0.1, 0.15) is 12.0 Å². The first-order chi connectivity index (χ1) is 13.3. The molecule has 0 atom stereocenters. The molecule has 7 heteroatoms. The summed E-state index contributed by atoms with van der Waals surface area (Å²) in [5, 5.41) is 2.92. The molecule has 0 saturated heterocycles. The van der Waals surface area contributed by atoms with Crippen LogP contribution in [0.2, 0.25) is 0 Å². The first-order valence-electron chi connectivity index (χ1n) is 8.75. The molecule has 2 aromatic rings. The van der Waals surface area contributed by atoms with Crippen LogP contribution in [0.25, 0.3) is 0 Å². The Labute approximate surface area is 163 Å². The summed E-state index contributed by atoms with van der Waals surface area (Å²) in [5.74, 6) is 4.31. The molecule has 0 spiro atoms. The van der Waals surface area contributed by atoms with Gasteiger partial charge in [-0.2, -0.15) is 11.8 Å². The fourth-order valence-electron chi connectivity index (χ4n) is 2.58. The predicted molar refractivity (Wildman–Crippen MR) is 105 cm³/mol. The smallest absolute Gasteiger partial charge is 0.231 e. The van der Waals surface area contributed by atoms with E-state index in [4.69, 9.17) is 18.9 Å². The van der Waals surface area contributed by atoms with Gasteiger partial charge >= 0.3 is 0 Å². The van der Waals surface area contributed by atoms with E-state index in [-0.39, 0.29) is 12.7 Å². The first-order valence-corrected chi connectivity index (χ1v) is 9.90. The lowest BCUT2D eigenvalue weighted by Crippen LogP contribution is -2.25. The minimum atomic E-state index is 0.0163. The number of methoxy groups -OCH3 is 1. The van der Waals surface area contributed by atoms with E-state index in [0.717, 1.165) is 35.0 Å². The van der Waals surface area contributed by atoms with Gasteiger partial charge in [-0.1, -0.05) is 18.2 Å². The van der Waals surface area contributed by atoms with Crippen LogP contribution in [-0.4, -0.2) is 37.9 Å². The number of hydrogen-bond donors (Lipinski definition) is 1. The van der Waals surface area contributed by atoms with Crippen molar-refractivity contribution in [2.45, 2.75) is 13.0 Å². The minimum Gasteiger partial charge on any atom is -0.496 e. The molecule has 0 saturated carbocycles. The zero-order valence-electron chi connectivity index (χ0n) is 15.2. The normalized spacial score (nSPS) is 11.9. The predicted octanol–water partition coefficient (Wildman–Crippen LogP) is 3.24. The van der Waals surface area contributed by atoms with Gasteiger partial charge in [-0.25, -0.2) is 0 Å². The Hall–Kier alpha value is -2.54. The summed E-state index contributed by atoms with van der Waals surface area (Å²) < 4.78 is 21.6. The number of fused-ring (bicyclic) bond motifs is 1. The molecule has 3 rings (SSSR count). The van der Waals surface area contributed by atoms with Crippen molar-refractivity contribution in [2.75, 3.05) is 32.0 Å². The fourth-order valence-corrected chi connectivity index (χ4v) is 3.33. The van der Waals surface area contributed by atoms with Crippen molar-refractivity contribution in [1.29, 1.82) is 0 Å². The molecule has 1 aliphatic rings. The summed E-state index contributed by atoms with van der Waals surface area (Å²) in [6.07, 6.45) is 0.860. The maximum Gasteiger partial charge on any atom is 0.231 e. The number of carbonyl (C=O) groups is 1. The molecule has 0 unspecified atom stereocenters. The highest BCUT2D eigenvalue weighted by Gasteiger charge is 2.13. The van der Waals surface area contributed by atoms with Crippen LogP contribution in [0.5, 0.6) is 23.0 Å². The minimum absolute atomic E-state index is 0.0163. The number of thioether (sulfide) groups is 1. The SMILES string of the molecule is COc1ccccc1CNC(=O)CSCCCOc1ccc2c(c1)OCO2. The zero-order valence-corrected chi connectivity index (χ0v) is 16.1. The monoisotopic (exact) mass is 389 g/mol. The van der Waals surface area contributed by atoms with Gasteiger partial charge in [-0.3, -0.25) is 4.79 Å². The summed E-state index contributed by atoms with van der Waals surface area (Å²) in [7, 11) is 1.63. The number of carbonyl (C=O) groups excluding carboxylic acids is 1. The average molecular weight is 389 g/mol. The molecule has 0 fully saturated rings. The van der Waals surface area contributed by atoms with Gasteiger partial charge < -0.3 is 24.3 Å². The molecule has 0 aliphatic carbocycles. The Morgan fingerprint density at radius 3 is 2.93 bits per heavy atom. The van der Waals surface area contributed by atoms with Crippen molar-refractivity contribution < 1.29 is 23.7 Å². The second kappa shape index (κ2) is 9.97. The molecule has 6 nitrogen and oxygen atoms in total. The van der Waals surface area contributed by atoms with Crippen molar-refractivity contribution in [3.05, 3.63) is 48.0 Å². The average Bonchev–Trinajstić information content (AvgIpc) is 3.17. The van der Waals surface area contributed by atoms with E-state index in [1.807, 2.05) is 42.5 Å². The van der Waals surface area contributed by atoms with Gasteiger partial charge in [0.2, 0.25) is 12.7 Å². The molecule has 2 aromatic carbocycles. The lowest BCUT2D eigenvalue weighted by molar-refractivity contribution is -0.118. The molecule has 0 aromatic heterocycles. The topological polar surface area (TPSA) is 66.0 Å². The van der Waals surface area contributed by atoms with Gasteiger partial charge in [0.15, 0.2) is 11.5 Å². The molecular weight excluding hydrogens is 366 g/mol. The largest absolute Gasteiger partial charge is 0.496 e. The first kappa shape index (κ1) is 19.2. The van der Waals surface area contributed by atoms with Crippen molar-refractivity contribution in [3.8, 4) is 23.0 Å². The number of benzene rings is 2. The molecule has 27 heavy (non-hydrogen) atoms. The van der Waals surface area contributed by atoms with Gasteiger partial charge in [0.1, 0.15) is 11.5 Å². The fraction of sp³-hybridized carbons (Fsp3) is 0.350. The second-order valence-corrected chi connectivity index (χ2v) is 6.96. The number of para-hydroxylation sites is 1. The number of hydrogen-bond acceptors (Lipinski definition) is 6. The van der Waals surface area contributed by atoms with Gasteiger partial charge in [0.05, 0.1) is 19.5 Å². The van der Waals surface area contributed by atoms with Gasteiger partial charge in [-0.15, -0.1) is 0 Å². The summed E-state index contributed by atoms with van der Waals surface area (Å²) in [4.78, 5) is 11.9. The van der Waals surface area contributed by atoms with Gasteiger partial charge in [-0.05, 0) is 30.4 Å². The molecule has 1 N–H and O–H groups in total. The molecule has 1 amide bonds. The Balaban J connectivity index is 1.27. The molecular formula is C20H23NO5S. The van der Waals surface area contributed by atoms with Crippen molar-refractivity contribution in [3.63, 3.8) is 0 Å². The van der Waals surface area contributed by atoms with Crippen LogP contribution in [-0.2, 0) is 11.3 Å². The second-order valence-electron chi connectivity index (χ2n) is 5.86. The van der Waals surface area contributed by atoms with E-state index in [9.17, 15) is 4.79 Å². The zero-order chi connectivity index (χ0) is 18.9. The third kappa shape index (κ3) is 5.72. The standard InChI is InChI=1S/C20H23NO5S/c1-23-17-6-3-2-5-15(17)12-21-20(22)13-27-10-4-9-24-16-7-8-18-19(11-16)26-14-25-18/h2-3,5-8,11H,4,9-10,12-14H2,1H3,(H,21,22). The Morgan fingerprint density at radius 1 is 1.19 bits per heavy atom. The number of rotatable bonds is 10. The number of nitrogens with one attached hydrogen (secondary N) is 1. The van der Waals surface area contributed by atoms with Crippen LogP contribution in [0.4, 0.5) is 0 Å². The van der Waals surface area contributed by atoms with Crippen molar-refractivity contribution in [2.24, 2.45) is 0 Å². The Bertz CT molecular complexity index is 768. The van der Waals surface area contributed by atoms with Crippen LogP contribution >= 0.6 is 11.8 Å². The highest BCUT2D eigenvalue weighted by Crippen LogP contribution is 2.35. The molecule has 0 radical (unpaired) electrons. The van der Waals surface area contributed by atoms with Crippen LogP contribution in [0.15, 0.2) is 42.5 Å². The molecule has 144 valence electrons. The maximum absolute atomic E-state index is 11.9. The summed E-state index contributed by atoms with van der Waals surface area (Å²) in [6, 6.07) is 13.2. The molecule has 1 aliphatic heterocycles. The number of amides is 1. The van der Waals surface area contributed by atoms with E-state index in [0.29, 0.717) is 24.7 Å². The van der Waals surface area contributed by atoms with E-state index < -0.39 is 0 Å². The lowest BCUT2D eigenvalue weighted by Gasteiger charge is -2.09. The van der Waals surface area contributed by atoms with E-state index >= 15 is 0 Å². The third-order valence-electron chi connectivity index (χ3n) is 3.95. The molecule has 1 heterocycles. The summed E-state index contributed by atoms with van der Waals surface area (Å²) >= 11 is 1.59.